The molecule has 224 valence electrons. The van der Waals surface area contributed by atoms with E-state index in [2.05, 4.69) is 6.92 Å². The van der Waals surface area contributed by atoms with Gasteiger partial charge in [-0.15, -0.1) is 0 Å². The van der Waals surface area contributed by atoms with E-state index >= 15 is 0 Å². The van der Waals surface area contributed by atoms with Crippen LogP contribution in [0.25, 0.3) is 11.1 Å². The zero-order chi connectivity index (χ0) is 30.0. The van der Waals surface area contributed by atoms with Gasteiger partial charge in [0.15, 0.2) is 0 Å². The molecule has 7 heteroatoms. The third-order valence-corrected chi connectivity index (χ3v) is 7.31. The van der Waals surface area contributed by atoms with E-state index in [1.807, 2.05) is 0 Å². The van der Waals surface area contributed by atoms with E-state index in [-0.39, 0.29) is 5.69 Å². The fourth-order valence-corrected chi connectivity index (χ4v) is 4.77. The van der Waals surface area contributed by atoms with Gasteiger partial charge in [0.05, 0.1) is 22.7 Å². The second-order valence-corrected chi connectivity index (χ2v) is 10.7. The Kier molecular flexibility index (Phi) is 14.3. The minimum atomic E-state index is -0.537. The van der Waals surface area contributed by atoms with Gasteiger partial charge in [0.25, 0.3) is 5.69 Å². The van der Waals surface area contributed by atoms with Crippen LogP contribution in [0.1, 0.15) is 111 Å². The number of hydrogen-bond donors (Lipinski definition) is 0. The number of carbonyl (C=O) groups is 2. The SMILES string of the molecule is CCCCCCCCCCCCCCCOC(=O)c1ccc(C(=O)Oc2ccc(-c3ccc([N+](=O)[O-])cc3)cc2)cc1. The van der Waals surface area contributed by atoms with Crippen molar-refractivity contribution in [3.05, 3.63) is 94.0 Å². The van der Waals surface area contributed by atoms with Crippen LogP contribution in [0.2, 0.25) is 0 Å². The number of non-ortho nitro benzene ring substituents is 1. The first-order chi connectivity index (χ1) is 20.5. The lowest BCUT2D eigenvalue weighted by atomic mass is 10.0. The lowest BCUT2D eigenvalue weighted by molar-refractivity contribution is -0.384. The quantitative estimate of drug-likeness (QED) is 0.0466. The first kappa shape index (κ1) is 32.5. The average molecular weight is 574 g/mol. The molecule has 0 saturated carbocycles. The number of carbonyl (C=O) groups excluding carboxylic acids is 2. The summed E-state index contributed by atoms with van der Waals surface area (Å²) in [6.07, 6.45) is 16.5. The van der Waals surface area contributed by atoms with Crippen LogP contribution < -0.4 is 4.74 Å². The van der Waals surface area contributed by atoms with Gasteiger partial charge in [0.2, 0.25) is 0 Å². The summed E-state index contributed by atoms with van der Waals surface area (Å²) in [6.45, 7) is 2.65. The average Bonchev–Trinajstić information content (AvgIpc) is 3.01. The summed E-state index contributed by atoms with van der Waals surface area (Å²) in [4.78, 5) is 35.3. The lowest BCUT2D eigenvalue weighted by Gasteiger charge is -2.08. The number of hydrogen-bond acceptors (Lipinski definition) is 6. The van der Waals surface area contributed by atoms with Crippen LogP contribution in [0.3, 0.4) is 0 Å². The van der Waals surface area contributed by atoms with Gasteiger partial charge in [-0.1, -0.05) is 96.1 Å². The molecule has 0 amide bonds. The van der Waals surface area contributed by atoms with Gasteiger partial charge < -0.3 is 9.47 Å². The molecule has 0 radical (unpaired) electrons. The molecule has 3 rings (SSSR count). The maximum absolute atomic E-state index is 12.6. The predicted molar refractivity (Wildman–Crippen MR) is 166 cm³/mol. The third kappa shape index (κ3) is 11.5. The van der Waals surface area contributed by atoms with E-state index in [0.29, 0.717) is 23.5 Å². The molecule has 0 aliphatic rings. The third-order valence-electron chi connectivity index (χ3n) is 7.31. The molecule has 0 heterocycles. The molecule has 0 atom stereocenters. The Morgan fingerprint density at radius 2 is 1.02 bits per heavy atom. The van der Waals surface area contributed by atoms with E-state index in [0.717, 1.165) is 24.0 Å². The molecule has 42 heavy (non-hydrogen) atoms. The monoisotopic (exact) mass is 573 g/mol. The second kappa shape index (κ2) is 18.4. The van der Waals surface area contributed by atoms with Crippen molar-refractivity contribution in [1.82, 2.24) is 0 Å². The van der Waals surface area contributed by atoms with E-state index in [9.17, 15) is 19.7 Å². The number of esters is 2. The normalized spacial score (nSPS) is 10.8. The molecule has 0 bridgehead atoms. The highest BCUT2D eigenvalue weighted by Crippen LogP contribution is 2.25. The fraction of sp³-hybridized carbons (Fsp3) is 0.429. The van der Waals surface area contributed by atoms with Gasteiger partial charge in [-0.3, -0.25) is 10.1 Å². The molecular formula is C35H43NO6. The standard InChI is InChI=1S/C35H43NO6/c1-2-3-4-5-6-7-8-9-10-11-12-13-14-27-41-34(37)30-15-17-31(18-16-30)35(38)42-33-25-21-29(22-26-33)28-19-23-32(24-20-28)36(39)40/h15-26H,2-14,27H2,1H3. The second-order valence-electron chi connectivity index (χ2n) is 10.7. The van der Waals surface area contributed by atoms with Crippen molar-refractivity contribution in [2.75, 3.05) is 6.61 Å². The van der Waals surface area contributed by atoms with Crippen molar-refractivity contribution in [3.8, 4) is 16.9 Å². The highest BCUT2D eigenvalue weighted by molar-refractivity contribution is 5.94. The predicted octanol–water partition coefficient (Wildman–Crippen LogP) is 9.73. The number of unbranched alkanes of at least 4 members (excludes halogenated alkanes) is 12. The Morgan fingerprint density at radius 3 is 1.50 bits per heavy atom. The van der Waals surface area contributed by atoms with E-state index < -0.39 is 16.9 Å². The Morgan fingerprint density at radius 1 is 0.595 bits per heavy atom. The van der Waals surface area contributed by atoms with Crippen LogP contribution in [0, 0.1) is 10.1 Å². The smallest absolute Gasteiger partial charge is 0.343 e. The first-order valence-corrected chi connectivity index (χ1v) is 15.3. The maximum atomic E-state index is 12.6. The summed E-state index contributed by atoms with van der Waals surface area (Å²) >= 11 is 0. The van der Waals surface area contributed by atoms with E-state index in [1.165, 1.54) is 82.8 Å². The molecular weight excluding hydrogens is 530 g/mol. The van der Waals surface area contributed by atoms with Gasteiger partial charge in [-0.25, -0.2) is 9.59 Å². The molecule has 0 N–H and O–H groups in total. The molecule has 3 aromatic carbocycles. The molecule has 0 aromatic heterocycles. The summed E-state index contributed by atoms with van der Waals surface area (Å²) in [5, 5.41) is 10.8. The maximum Gasteiger partial charge on any atom is 0.343 e. The molecule has 3 aromatic rings. The summed E-state index contributed by atoms with van der Waals surface area (Å²) < 4.78 is 10.9. The molecule has 0 aliphatic heterocycles. The van der Waals surface area contributed by atoms with Crippen LogP contribution in [0.15, 0.2) is 72.8 Å². The van der Waals surface area contributed by atoms with Gasteiger partial charge in [-0.2, -0.15) is 0 Å². The van der Waals surface area contributed by atoms with Crippen molar-refractivity contribution in [3.63, 3.8) is 0 Å². The Bertz CT molecular complexity index is 1240. The van der Waals surface area contributed by atoms with Crippen molar-refractivity contribution >= 4 is 17.6 Å². The summed E-state index contributed by atoms with van der Waals surface area (Å²) in [5.41, 5.74) is 2.40. The Hall–Kier alpha value is -4.00. The van der Waals surface area contributed by atoms with Crippen molar-refractivity contribution in [2.45, 2.75) is 90.4 Å². The topological polar surface area (TPSA) is 95.7 Å². The molecule has 0 spiro atoms. The molecule has 0 fully saturated rings. The van der Waals surface area contributed by atoms with Crippen LogP contribution in [-0.4, -0.2) is 23.5 Å². The Balaban J connectivity index is 1.30. The van der Waals surface area contributed by atoms with Gasteiger partial charge in [0, 0.05) is 12.1 Å². The molecule has 0 aliphatic carbocycles. The van der Waals surface area contributed by atoms with E-state index in [1.54, 1.807) is 60.7 Å². The Labute approximate surface area is 249 Å². The van der Waals surface area contributed by atoms with Gasteiger partial charge >= 0.3 is 11.9 Å². The lowest BCUT2D eigenvalue weighted by Crippen LogP contribution is -2.10. The number of nitrogens with zero attached hydrogens (tertiary/aromatic N) is 1. The van der Waals surface area contributed by atoms with Crippen molar-refractivity contribution in [2.24, 2.45) is 0 Å². The van der Waals surface area contributed by atoms with Crippen molar-refractivity contribution in [1.29, 1.82) is 0 Å². The van der Waals surface area contributed by atoms with Crippen LogP contribution in [0.4, 0.5) is 5.69 Å². The number of nitro benzene ring substituents is 1. The summed E-state index contributed by atoms with van der Waals surface area (Å²) in [5.74, 6) is -0.562. The van der Waals surface area contributed by atoms with E-state index in [4.69, 9.17) is 9.47 Å². The minimum absolute atomic E-state index is 0.0263. The van der Waals surface area contributed by atoms with Crippen LogP contribution >= 0.6 is 0 Å². The van der Waals surface area contributed by atoms with Crippen LogP contribution in [0.5, 0.6) is 5.75 Å². The molecule has 0 unspecified atom stereocenters. The zero-order valence-corrected chi connectivity index (χ0v) is 24.7. The summed E-state index contributed by atoms with van der Waals surface area (Å²) in [7, 11) is 0. The summed E-state index contributed by atoms with van der Waals surface area (Å²) in [6, 6.07) is 19.4. The highest BCUT2D eigenvalue weighted by Gasteiger charge is 2.12. The zero-order valence-electron chi connectivity index (χ0n) is 24.7. The molecule has 0 saturated heterocycles. The first-order valence-electron chi connectivity index (χ1n) is 15.3. The number of benzene rings is 3. The number of nitro groups is 1. The van der Waals surface area contributed by atoms with Gasteiger partial charge in [-0.05, 0) is 66.1 Å². The molecule has 7 nitrogen and oxygen atoms in total. The van der Waals surface area contributed by atoms with Gasteiger partial charge in [0.1, 0.15) is 5.75 Å². The fourth-order valence-electron chi connectivity index (χ4n) is 4.77. The number of rotatable bonds is 19. The minimum Gasteiger partial charge on any atom is -0.462 e. The largest absolute Gasteiger partial charge is 0.462 e. The van der Waals surface area contributed by atoms with Crippen molar-refractivity contribution < 1.29 is 24.0 Å². The number of ether oxygens (including phenoxy) is 2. The highest BCUT2D eigenvalue weighted by atomic mass is 16.6. The van der Waals surface area contributed by atoms with Crippen LogP contribution in [-0.2, 0) is 4.74 Å².